The van der Waals surface area contributed by atoms with Crippen molar-refractivity contribution >= 4 is 85.1 Å². The summed E-state index contributed by atoms with van der Waals surface area (Å²) in [6.07, 6.45) is 14.0. The van der Waals surface area contributed by atoms with Crippen molar-refractivity contribution in [3.8, 4) is 0 Å². The largest absolute Gasteiger partial charge is 0.748 e. The molecule has 80 heavy (non-hydrogen) atoms. The summed E-state index contributed by atoms with van der Waals surface area (Å²) < 4.78 is 178. The van der Waals surface area contributed by atoms with Crippen LogP contribution in [0.2, 0.25) is 0 Å². The van der Waals surface area contributed by atoms with Crippen molar-refractivity contribution < 1.29 is 90.0 Å². The zero-order valence-electron chi connectivity index (χ0n) is 44.3. The predicted octanol–water partition coefficient (Wildman–Crippen LogP) is 6.73. The van der Waals surface area contributed by atoms with Gasteiger partial charge in [-0.15, -0.1) is 0 Å². The lowest BCUT2D eigenvalue weighted by Crippen LogP contribution is -2.32. The number of aliphatic carboxylic acids is 1. The van der Waals surface area contributed by atoms with Crippen molar-refractivity contribution in [3.05, 3.63) is 114 Å². The van der Waals surface area contributed by atoms with Crippen molar-refractivity contribution in [1.82, 2.24) is 0 Å². The minimum absolute atomic E-state index is 0. The van der Waals surface area contributed by atoms with E-state index in [1.165, 1.54) is 31.4 Å². The quantitative estimate of drug-likeness (QED) is 0.0229. The van der Waals surface area contributed by atoms with E-state index in [9.17, 15) is 61.8 Å². The van der Waals surface area contributed by atoms with Crippen LogP contribution in [-0.2, 0) is 79.8 Å². The molecule has 0 amide bonds. The Morgan fingerprint density at radius 3 is 1.86 bits per heavy atom. The molecule has 2 aliphatic heterocycles. The number of hydrogen-bond donors (Lipinski definition) is 1. The summed E-state index contributed by atoms with van der Waals surface area (Å²) in [5, 5.41) is 10.4. The molecule has 2 aliphatic rings. The third-order valence-electron chi connectivity index (χ3n) is 14.0. The molecule has 0 saturated carbocycles. The fourth-order valence-electron chi connectivity index (χ4n) is 10.4. The van der Waals surface area contributed by atoms with E-state index in [1.54, 1.807) is 49.6 Å². The molecule has 1 N–H and O–H groups in total. The average molecular weight is 1190 g/mol. The van der Waals surface area contributed by atoms with Crippen LogP contribution in [0, 0.1) is 0 Å². The van der Waals surface area contributed by atoms with Gasteiger partial charge in [-0.3, -0.25) is 4.79 Å². The van der Waals surface area contributed by atoms with Gasteiger partial charge in [-0.05, 0) is 116 Å². The second-order valence-corrected chi connectivity index (χ2v) is 25.0. The summed E-state index contributed by atoms with van der Waals surface area (Å²) in [5.74, 6) is -1.60. The van der Waals surface area contributed by atoms with Gasteiger partial charge in [-0.2, -0.15) is 4.58 Å². The van der Waals surface area contributed by atoms with Crippen LogP contribution in [0.15, 0.2) is 118 Å². The molecule has 0 radical (unpaired) electrons. The number of rotatable bonds is 32. The molecule has 0 aromatic heterocycles. The standard InChI is InChI=1S/C54H68N2O19S4.CH4/c1-53(23-13-35-76(59,60)61)48(56(26-28-71-3)45-21-18-39-17-19-40(77(62,63)64)36-43(39)51(45)53)14-9-6-5-7-10-15-49-54(2,24-27-73-31-32-75-34-33-74-30-29-72-4)52-44-37-41(78(65,66)67)38-47(79(68,69)70)42(44)20-22-46(52)55(49)25-12-8-11-16-50(57)58;/h5-7,9-10,14-15,17-22,36-38H,8,11-13,16,23-35H2,1-4H3,(H4-,57,58,59,60,61,62,63,64,65,66,67,68,69,70);1H4/p-3. The summed E-state index contributed by atoms with van der Waals surface area (Å²) >= 11 is 0. The van der Waals surface area contributed by atoms with Crippen molar-refractivity contribution in [1.29, 1.82) is 0 Å². The molecule has 0 spiro atoms. The zero-order chi connectivity index (χ0) is 57.8. The van der Waals surface area contributed by atoms with Gasteiger partial charge in [0.25, 0.3) is 0 Å². The van der Waals surface area contributed by atoms with E-state index in [-0.39, 0.29) is 70.3 Å². The third kappa shape index (κ3) is 16.3. The fraction of sp³-hybridized carbons (Fsp3) is 0.455. The van der Waals surface area contributed by atoms with Gasteiger partial charge < -0.3 is 51.9 Å². The highest BCUT2D eigenvalue weighted by Gasteiger charge is 2.49. The lowest BCUT2D eigenvalue weighted by Gasteiger charge is -2.31. The first-order valence-electron chi connectivity index (χ1n) is 25.3. The Morgan fingerprint density at radius 2 is 1.24 bits per heavy atom. The number of methoxy groups -OCH3 is 2. The van der Waals surface area contributed by atoms with Crippen LogP contribution < -0.4 is 4.90 Å². The lowest BCUT2D eigenvalue weighted by molar-refractivity contribution is -0.441. The van der Waals surface area contributed by atoms with Gasteiger partial charge in [0.2, 0.25) is 5.69 Å². The number of carbonyl (C=O) groups is 1. The Morgan fingerprint density at radius 1 is 0.625 bits per heavy atom. The van der Waals surface area contributed by atoms with Crippen molar-refractivity contribution in [3.63, 3.8) is 0 Å². The Kier molecular flexibility index (Phi) is 23.1. The first-order chi connectivity index (χ1) is 37.3. The molecule has 4 aromatic rings. The normalized spacial score (nSPS) is 18.4. The number of benzene rings is 4. The van der Waals surface area contributed by atoms with E-state index in [0.29, 0.717) is 110 Å². The molecule has 4 aromatic carbocycles. The number of carboxylic acids is 1. The number of ether oxygens (including phenoxy) is 5. The van der Waals surface area contributed by atoms with Gasteiger partial charge in [0.05, 0.1) is 69.9 Å². The molecule has 21 nitrogen and oxygen atoms in total. The number of nitrogens with zero attached hydrogens (tertiary/aromatic N) is 2. The number of hydrogen-bond acceptors (Lipinski definition) is 19. The molecule has 2 atom stereocenters. The molecule has 6 rings (SSSR count). The second kappa shape index (κ2) is 28.1. The second-order valence-electron chi connectivity index (χ2n) is 19.4. The summed E-state index contributed by atoms with van der Waals surface area (Å²) in [5.41, 5.74) is 1.45. The Labute approximate surface area is 469 Å². The van der Waals surface area contributed by atoms with Crippen LogP contribution in [0.4, 0.5) is 11.4 Å². The molecule has 440 valence electrons. The summed E-state index contributed by atoms with van der Waals surface area (Å²) in [6, 6.07) is 12.4. The van der Waals surface area contributed by atoms with E-state index in [1.807, 2.05) is 41.5 Å². The molecule has 0 bridgehead atoms. The van der Waals surface area contributed by atoms with E-state index < -0.39 is 77.7 Å². The van der Waals surface area contributed by atoms with Crippen LogP contribution in [0.5, 0.6) is 0 Å². The van der Waals surface area contributed by atoms with Crippen molar-refractivity contribution in [2.45, 2.75) is 91.7 Å². The van der Waals surface area contributed by atoms with Gasteiger partial charge >= 0.3 is 5.97 Å². The molecular formula is C55H69N2O19S4-3. The van der Waals surface area contributed by atoms with Gasteiger partial charge in [-0.25, -0.2) is 33.7 Å². The Hall–Kier alpha value is -5.26. The molecule has 2 unspecified atom stereocenters. The molecule has 0 saturated heterocycles. The van der Waals surface area contributed by atoms with E-state index in [4.69, 9.17) is 23.7 Å². The number of carboxylic acid groups (broad SMARTS) is 1. The topological polar surface area (TPSA) is 318 Å². The fourth-order valence-corrected chi connectivity index (χ4v) is 12.7. The minimum Gasteiger partial charge on any atom is -0.748 e. The predicted molar refractivity (Wildman–Crippen MR) is 297 cm³/mol. The molecular weight excluding hydrogens is 1120 g/mol. The Bertz CT molecular complexity index is 3500. The number of fused-ring (bicyclic) bond motifs is 6. The summed E-state index contributed by atoms with van der Waals surface area (Å²) in [7, 11) is -17.0. The van der Waals surface area contributed by atoms with E-state index in [2.05, 4.69) is 0 Å². The lowest BCUT2D eigenvalue weighted by atomic mass is 9.74. The average Bonchev–Trinajstić information content (AvgIpc) is 3.93. The molecule has 0 aliphatic carbocycles. The molecule has 2 heterocycles. The van der Waals surface area contributed by atoms with Crippen LogP contribution in [0.1, 0.15) is 77.3 Å². The SMILES string of the molecule is C.COCCOCCOCCOCCC1(C)\C(=C/C=C/C=C/C=C/C2=[N+](CCOC)c3ccc4ccc(S(=O)(=O)[O-])cc4c3C2(C)CCCS(=O)(=O)[O-])N(CCCCCC(=O)O)c2ccc3c(S(=O)(=O)[O-])cc(S(=O)(=O)[O-])cc3c21. The first kappa shape index (κ1) is 65.5. The number of anilines is 1. The smallest absolute Gasteiger partial charge is 0.303 e. The van der Waals surface area contributed by atoms with Gasteiger partial charge in [0.15, 0.2) is 12.3 Å². The van der Waals surface area contributed by atoms with Gasteiger partial charge in [-0.1, -0.05) is 56.4 Å². The number of allylic oxidation sites excluding steroid dienone is 8. The van der Waals surface area contributed by atoms with Crippen LogP contribution >= 0.6 is 0 Å². The maximum Gasteiger partial charge on any atom is 0.303 e. The highest BCUT2D eigenvalue weighted by atomic mass is 32.2. The zero-order valence-corrected chi connectivity index (χ0v) is 47.6. The third-order valence-corrected chi connectivity index (χ3v) is 17.3. The van der Waals surface area contributed by atoms with Crippen LogP contribution in [0.3, 0.4) is 0 Å². The van der Waals surface area contributed by atoms with Crippen LogP contribution in [0.25, 0.3) is 21.5 Å². The minimum atomic E-state index is -5.33. The summed E-state index contributed by atoms with van der Waals surface area (Å²) in [6.45, 7) is 6.62. The highest BCUT2D eigenvalue weighted by Crippen LogP contribution is 2.54. The van der Waals surface area contributed by atoms with Crippen molar-refractivity contribution in [2.75, 3.05) is 90.8 Å². The summed E-state index contributed by atoms with van der Waals surface area (Å²) in [4.78, 5) is 11.1. The van der Waals surface area contributed by atoms with Crippen LogP contribution in [-0.4, -0.2) is 159 Å². The number of unbranched alkanes of at least 4 members (excludes halogenated alkanes) is 2. The monoisotopic (exact) mass is 1190 g/mol. The van der Waals surface area contributed by atoms with Crippen molar-refractivity contribution in [2.24, 2.45) is 0 Å². The van der Waals surface area contributed by atoms with E-state index >= 15 is 0 Å². The molecule has 0 fully saturated rings. The molecule has 25 heteroatoms. The maximum atomic E-state index is 12.7. The first-order valence-corrected chi connectivity index (χ1v) is 31.1. The Balaban J connectivity index is 0.0000118. The maximum absolute atomic E-state index is 12.7. The van der Waals surface area contributed by atoms with Gasteiger partial charge in [0.1, 0.15) is 37.0 Å². The van der Waals surface area contributed by atoms with E-state index in [0.717, 1.165) is 6.07 Å². The highest BCUT2D eigenvalue weighted by molar-refractivity contribution is 7.87. The van der Waals surface area contributed by atoms with Gasteiger partial charge in [0, 0.05) is 74.1 Å².